The Kier molecular flexibility index (Phi) is 5.67. The Bertz CT molecular complexity index is 1250. The number of carbonyl (C=O) groups excluding carboxylic acids is 1. The van der Waals surface area contributed by atoms with Gasteiger partial charge in [-0.1, -0.05) is 17.7 Å². The van der Waals surface area contributed by atoms with Gasteiger partial charge in [0.25, 0.3) is 5.56 Å². The van der Waals surface area contributed by atoms with Gasteiger partial charge in [0.1, 0.15) is 23.1 Å². The zero-order valence-electron chi connectivity index (χ0n) is 17.9. The van der Waals surface area contributed by atoms with Crippen LogP contribution in [0.15, 0.2) is 41.2 Å². The Morgan fingerprint density at radius 1 is 1.19 bits per heavy atom. The summed E-state index contributed by atoms with van der Waals surface area (Å²) in [5.41, 5.74) is -0.980. The Hall–Kier alpha value is -3.00. The molecule has 1 amide bonds. The summed E-state index contributed by atoms with van der Waals surface area (Å²) in [5, 5.41) is 0.303. The van der Waals surface area contributed by atoms with Crippen molar-refractivity contribution in [2.45, 2.75) is 45.3 Å². The van der Waals surface area contributed by atoms with Crippen LogP contribution in [0.25, 0.3) is 16.6 Å². The number of hydrogen-bond donors (Lipinski definition) is 0. The fourth-order valence-electron chi connectivity index (χ4n) is 3.92. The van der Waals surface area contributed by atoms with E-state index in [1.165, 1.54) is 4.90 Å². The molecule has 0 aliphatic carbocycles. The normalized spacial score (nSPS) is 16.6. The second-order valence-corrected chi connectivity index (χ2v) is 9.11. The number of ether oxygens (including phenoxy) is 1. The summed E-state index contributed by atoms with van der Waals surface area (Å²) < 4.78 is 34.8. The first-order valence-corrected chi connectivity index (χ1v) is 10.6. The number of rotatable bonds is 2. The molecule has 0 bridgehead atoms. The highest BCUT2D eigenvalue weighted by Gasteiger charge is 2.36. The fourth-order valence-corrected chi connectivity index (χ4v) is 4.17. The lowest BCUT2D eigenvalue weighted by atomic mass is 10.1. The van der Waals surface area contributed by atoms with E-state index in [0.29, 0.717) is 24.9 Å². The van der Waals surface area contributed by atoms with E-state index in [-0.39, 0.29) is 21.9 Å². The summed E-state index contributed by atoms with van der Waals surface area (Å²) in [6.45, 7) is 5.69. The largest absolute Gasteiger partial charge is 0.444 e. The lowest BCUT2D eigenvalue weighted by molar-refractivity contribution is 0.0216. The molecule has 2 aromatic carbocycles. The molecule has 0 radical (unpaired) electrons. The van der Waals surface area contributed by atoms with Gasteiger partial charge in [-0.2, -0.15) is 0 Å². The molecule has 2 heterocycles. The fraction of sp³-hybridized carbons (Fsp3) is 0.348. The van der Waals surface area contributed by atoms with Crippen molar-refractivity contribution >= 4 is 28.6 Å². The summed E-state index contributed by atoms with van der Waals surface area (Å²) in [7, 11) is 0. The molecule has 168 valence electrons. The van der Waals surface area contributed by atoms with Crippen LogP contribution in [0.2, 0.25) is 5.02 Å². The molecule has 32 heavy (non-hydrogen) atoms. The number of halogens is 3. The van der Waals surface area contributed by atoms with Crippen LogP contribution < -0.4 is 5.56 Å². The third kappa shape index (κ3) is 4.19. The van der Waals surface area contributed by atoms with E-state index in [4.69, 9.17) is 16.3 Å². The number of likely N-dealkylation sites (tertiary alicyclic amines) is 1. The third-order valence-electron chi connectivity index (χ3n) is 5.16. The number of aromatic nitrogens is 2. The standard InChI is InChI=1S/C23H22ClF2N3O3/c1-23(2,3)32-22(31)28-9-5-8-18(28)20-27-17-7-4-6-16(24)19(17)21(30)29(20)15-11-13(25)10-14(26)12-15/h4,6-7,10-12,18H,5,8-9H2,1-3H3. The van der Waals surface area contributed by atoms with Crippen LogP contribution in [0.5, 0.6) is 0 Å². The molecular weight excluding hydrogens is 440 g/mol. The number of carbonyl (C=O) groups is 1. The van der Waals surface area contributed by atoms with Crippen LogP contribution >= 0.6 is 11.6 Å². The highest BCUT2D eigenvalue weighted by Crippen LogP contribution is 2.34. The quantitative estimate of drug-likeness (QED) is 0.513. The summed E-state index contributed by atoms with van der Waals surface area (Å²) in [6, 6.07) is 7.04. The van der Waals surface area contributed by atoms with Crippen LogP contribution in [-0.2, 0) is 4.74 Å². The number of hydrogen-bond acceptors (Lipinski definition) is 4. The summed E-state index contributed by atoms with van der Waals surface area (Å²) >= 11 is 6.26. The van der Waals surface area contributed by atoms with Gasteiger partial charge in [-0.05, 0) is 57.9 Å². The minimum Gasteiger partial charge on any atom is -0.444 e. The summed E-state index contributed by atoms with van der Waals surface area (Å²) in [4.78, 5) is 32.5. The Morgan fingerprint density at radius 2 is 1.88 bits per heavy atom. The topological polar surface area (TPSA) is 64.4 Å². The van der Waals surface area contributed by atoms with Gasteiger partial charge in [-0.3, -0.25) is 14.3 Å². The molecule has 1 aromatic heterocycles. The van der Waals surface area contributed by atoms with Crippen molar-refractivity contribution in [3.63, 3.8) is 0 Å². The summed E-state index contributed by atoms with van der Waals surface area (Å²) in [5.74, 6) is -1.49. The molecule has 0 saturated carbocycles. The van der Waals surface area contributed by atoms with Crippen molar-refractivity contribution in [3.8, 4) is 5.69 Å². The van der Waals surface area contributed by atoms with Gasteiger partial charge in [-0.15, -0.1) is 0 Å². The van der Waals surface area contributed by atoms with Gasteiger partial charge in [0, 0.05) is 12.6 Å². The Balaban J connectivity index is 1.96. The molecule has 1 atom stereocenters. The van der Waals surface area contributed by atoms with Gasteiger partial charge in [0.05, 0.1) is 27.7 Å². The van der Waals surface area contributed by atoms with Crippen molar-refractivity contribution in [2.24, 2.45) is 0 Å². The molecule has 6 nitrogen and oxygen atoms in total. The molecule has 0 spiro atoms. The van der Waals surface area contributed by atoms with E-state index in [1.54, 1.807) is 39.0 Å². The van der Waals surface area contributed by atoms with Crippen molar-refractivity contribution in [2.75, 3.05) is 6.54 Å². The van der Waals surface area contributed by atoms with Crippen molar-refractivity contribution in [3.05, 3.63) is 69.2 Å². The van der Waals surface area contributed by atoms with Crippen LogP contribution in [-0.4, -0.2) is 32.7 Å². The van der Waals surface area contributed by atoms with Crippen molar-refractivity contribution < 1.29 is 18.3 Å². The van der Waals surface area contributed by atoms with Crippen LogP contribution in [0, 0.1) is 11.6 Å². The molecule has 1 fully saturated rings. The van der Waals surface area contributed by atoms with E-state index in [0.717, 1.165) is 22.8 Å². The van der Waals surface area contributed by atoms with E-state index in [2.05, 4.69) is 4.98 Å². The first kappa shape index (κ1) is 22.2. The maximum absolute atomic E-state index is 14.1. The van der Waals surface area contributed by atoms with E-state index >= 15 is 0 Å². The zero-order valence-corrected chi connectivity index (χ0v) is 18.6. The van der Waals surface area contributed by atoms with Gasteiger partial charge in [-0.25, -0.2) is 18.6 Å². The van der Waals surface area contributed by atoms with Gasteiger partial charge < -0.3 is 4.74 Å². The van der Waals surface area contributed by atoms with Crippen molar-refractivity contribution in [1.29, 1.82) is 0 Å². The zero-order chi connectivity index (χ0) is 23.2. The second-order valence-electron chi connectivity index (χ2n) is 8.70. The minimum absolute atomic E-state index is 0.0344. The molecule has 1 unspecified atom stereocenters. The Morgan fingerprint density at radius 3 is 2.53 bits per heavy atom. The van der Waals surface area contributed by atoms with E-state index < -0.39 is 34.9 Å². The van der Waals surface area contributed by atoms with Crippen molar-refractivity contribution in [1.82, 2.24) is 14.5 Å². The molecular formula is C23H22ClF2N3O3. The predicted octanol–water partition coefficient (Wildman–Crippen LogP) is 5.39. The van der Waals surface area contributed by atoms with Crippen LogP contribution in [0.4, 0.5) is 13.6 Å². The molecule has 1 aliphatic heterocycles. The number of fused-ring (bicyclic) bond motifs is 1. The molecule has 9 heteroatoms. The van der Waals surface area contributed by atoms with E-state index in [1.807, 2.05) is 0 Å². The molecule has 3 aromatic rings. The highest BCUT2D eigenvalue weighted by atomic mass is 35.5. The second kappa shape index (κ2) is 8.16. The average molecular weight is 462 g/mol. The smallest absolute Gasteiger partial charge is 0.410 e. The highest BCUT2D eigenvalue weighted by molar-refractivity contribution is 6.35. The first-order valence-electron chi connectivity index (χ1n) is 10.2. The lowest BCUT2D eigenvalue weighted by Crippen LogP contribution is -2.38. The molecule has 1 aliphatic rings. The number of nitrogens with zero attached hydrogens (tertiary/aromatic N) is 3. The monoisotopic (exact) mass is 461 g/mol. The molecule has 0 N–H and O–H groups in total. The summed E-state index contributed by atoms with van der Waals surface area (Å²) in [6.07, 6.45) is 0.623. The molecule has 4 rings (SSSR count). The van der Waals surface area contributed by atoms with E-state index in [9.17, 15) is 18.4 Å². The lowest BCUT2D eigenvalue weighted by Gasteiger charge is -2.29. The third-order valence-corrected chi connectivity index (χ3v) is 5.47. The minimum atomic E-state index is -0.840. The first-order chi connectivity index (χ1) is 15.0. The number of benzene rings is 2. The maximum Gasteiger partial charge on any atom is 0.410 e. The van der Waals surface area contributed by atoms with Gasteiger partial charge >= 0.3 is 6.09 Å². The number of amides is 1. The van der Waals surface area contributed by atoms with Gasteiger partial charge in [0.15, 0.2) is 0 Å². The van der Waals surface area contributed by atoms with Gasteiger partial charge in [0.2, 0.25) is 0 Å². The van der Waals surface area contributed by atoms with Crippen LogP contribution in [0.3, 0.4) is 0 Å². The average Bonchev–Trinajstić information content (AvgIpc) is 3.15. The maximum atomic E-state index is 14.1. The SMILES string of the molecule is CC(C)(C)OC(=O)N1CCCC1c1nc2cccc(Cl)c2c(=O)n1-c1cc(F)cc(F)c1. The molecule has 1 saturated heterocycles. The van der Waals surface area contributed by atoms with Crippen LogP contribution in [0.1, 0.15) is 45.5 Å². The Labute approximate surface area is 188 Å². The predicted molar refractivity (Wildman–Crippen MR) is 117 cm³/mol.